The Morgan fingerprint density at radius 1 is 0.853 bits per heavy atom. The lowest BCUT2D eigenvalue weighted by molar-refractivity contribution is -0.134. The summed E-state index contributed by atoms with van der Waals surface area (Å²) in [4.78, 5) is 47.7. The SMILES string of the molecule is CCn1cc(C(=O)CCCCCCC(=O)N2C[C@H](OP(OCCC#N)N(C(C)C)C(C)C)C[C@H]2COC(c2ccccc2)(c2ccc(OC)cc2)c2ccc(OC)cc2)c(=O)c2ccc(C)nc21. The molecule has 68 heavy (non-hydrogen) atoms. The van der Waals surface area contributed by atoms with Crippen LogP contribution in [0.4, 0.5) is 0 Å². The van der Waals surface area contributed by atoms with Crippen LogP contribution in [0.3, 0.4) is 0 Å². The summed E-state index contributed by atoms with van der Waals surface area (Å²) in [5.41, 5.74) is 2.92. The highest BCUT2D eigenvalue weighted by atomic mass is 31.2. The number of unbranched alkanes of at least 4 members (excludes halogenated alkanes) is 3. The topological polar surface area (TPSA) is 145 Å². The number of hydrogen-bond donors (Lipinski definition) is 0. The Hall–Kier alpha value is -5.48. The maximum atomic E-state index is 14.5. The van der Waals surface area contributed by atoms with Crippen molar-refractivity contribution in [2.45, 2.75) is 129 Å². The van der Waals surface area contributed by atoms with Gasteiger partial charge >= 0.3 is 0 Å². The van der Waals surface area contributed by atoms with E-state index >= 15 is 0 Å². The van der Waals surface area contributed by atoms with Crippen molar-refractivity contribution < 1.29 is 32.8 Å². The molecule has 1 aliphatic rings. The van der Waals surface area contributed by atoms with Crippen molar-refractivity contribution in [3.8, 4) is 17.6 Å². The van der Waals surface area contributed by atoms with Gasteiger partial charge in [-0.25, -0.2) is 9.65 Å². The molecule has 14 heteroatoms. The standard InChI is InChI=1S/C54H68N5O8P/c1-9-57-36-49(52(62)48-31-22-40(6)56-53(48)57)50(60)20-15-10-11-16-21-51(61)58-35-47(67-68(66-33-17-32-55)59(38(2)3)39(4)5)34-44(58)37-65-54(41-18-13-12-14-19-41,42-23-27-45(63-7)28-24-42)43-25-29-46(64-8)30-26-43/h12-14,18-19,22-31,36,38-39,44,47H,9-11,15-17,20-21,33-35,37H2,1-8H3/t44-,47+,68?/m0/s1. The minimum Gasteiger partial charge on any atom is -0.497 e. The van der Waals surface area contributed by atoms with Crippen molar-refractivity contribution in [1.29, 1.82) is 5.26 Å². The Labute approximate surface area is 403 Å². The van der Waals surface area contributed by atoms with Crippen molar-refractivity contribution in [2.75, 3.05) is 34.0 Å². The Morgan fingerprint density at radius 2 is 1.46 bits per heavy atom. The molecule has 0 N–H and O–H groups in total. The molecule has 3 heterocycles. The fourth-order valence-electron chi connectivity index (χ4n) is 9.12. The molecule has 1 amide bonds. The number of likely N-dealkylation sites (tertiary alicyclic amines) is 1. The zero-order chi connectivity index (χ0) is 48.8. The predicted octanol–water partition coefficient (Wildman–Crippen LogP) is 10.5. The number of ketones is 1. The minimum atomic E-state index is -1.56. The molecule has 1 saturated heterocycles. The molecule has 0 spiro atoms. The van der Waals surface area contributed by atoms with Gasteiger partial charge in [0.2, 0.25) is 11.3 Å². The molecule has 2 aromatic heterocycles. The Morgan fingerprint density at radius 3 is 2.03 bits per heavy atom. The number of benzene rings is 3. The van der Waals surface area contributed by atoms with E-state index in [1.165, 1.54) is 0 Å². The lowest BCUT2D eigenvalue weighted by atomic mass is 9.80. The van der Waals surface area contributed by atoms with E-state index < -0.39 is 14.1 Å². The van der Waals surface area contributed by atoms with Crippen LogP contribution in [0, 0.1) is 18.3 Å². The lowest BCUT2D eigenvalue weighted by Gasteiger charge is -2.38. The number of carbonyl (C=O) groups excluding carboxylic acids is 2. The van der Waals surface area contributed by atoms with Crippen LogP contribution in [-0.4, -0.2) is 89.0 Å². The number of aromatic nitrogens is 2. The second-order valence-electron chi connectivity index (χ2n) is 17.8. The van der Waals surface area contributed by atoms with Crippen LogP contribution >= 0.6 is 8.53 Å². The first-order chi connectivity index (χ1) is 32.8. The first-order valence-corrected chi connectivity index (χ1v) is 25.0. The molecule has 1 unspecified atom stereocenters. The number of ether oxygens (including phenoxy) is 3. The molecule has 1 aliphatic heterocycles. The third kappa shape index (κ3) is 12.4. The highest BCUT2D eigenvalue weighted by Crippen LogP contribution is 2.49. The van der Waals surface area contributed by atoms with Gasteiger partial charge in [-0.1, -0.05) is 67.4 Å². The van der Waals surface area contributed by atoms with Gasteiger partial charge in [0.1, 0.15) is 22.7 Å². The van der Waals surface area contributed by atoms with E-state index in [-0.39, 0.29) is 73.0 Å². The Bertz CT molecular complexity index is 2470. The number of amides is 1. The highest BCUT2D eigenvalue weighted by Gasteiger charge is 2.43. The van der Waals surface area contributed by atoms with E-state index in [2.05, 4.69) is 55.6 Å². The Kier molecular flexibility index (Phi) is 18.8. The third-order valence-corrected chi connectivity index (χ3v) is 14.7. The zero-order valence-electron chi connectivity index (χ0n) is 41.0. The van der Waals surface area contributed by atoms with Crippen LogP contribution in [0.1, 0.15) is 119 Å². The summed E-state index contributed by atoms with van der Waals surface area (Å²) in [5.74, 6) is 1.25. The van der Waals surface area contributed by atoms with E-state index in [4.69, 9.17) is 23.3 Å². The monoisotopic (exact) mass is 945 g/mol. The molecule has 13 nitrogen and oxygen atoms in total. The number of nitrogens with zero attached hydrogens (tertiary/aromatic N) is 5. The molecular weight excluding hydrogens is 878 g/mol. The highest BCUT2D eigenvalue weighted by molar-refractivity contribution is 7.44. The fraction of sp³-hybridized carbons (Fsp3) is 0.463. The number of Topliss-reactive ketones (excluding diaryl/α,β-unsaturated/α-hetero) is 1. The summed E-state index contributed by atoms with van der Waals surface area (Å²) in [6, 6.07) is 31.5. The van der Waals surface area contributed by atoms with E-state index in [1.54, 1.807) is 32.5 Å². The van der Waals surface area contributed by atoms with Gasteiger partial charge in [-0.05, 0) is 114 Å². The van der Waals surface area contributed by atoms with E-state index in [0.29, 0.717) is 61.3 Å². The van der Waals surface area contributed by atoms with Gasteiger partial charge in [0.05, 0.1) is 63.0 Å². The van der Waals surface area contributed by atoms with Gasteiger partial charge in [0, 0.05) is 49.9 Å². The van der Waals surface area contributed by atoms with Gasteiger partial charge in [-0.15, -0.1) is 0 Å². The molecule has 0 saturated carbocycles. The maximum Gasteiger partial charge on any atom is 0.259 e. The number of aryl methyl sites for hydroxylation is 2. The van der Waals surface area contributed by atoms with Crippen LogP contribution in [0.15, 0.2) is 102 Å². The number of methoxy groups -OCH3 is 2. The largest absolute Gasteiger partial charge is 0.497 e. The molecule has 0 radical (unpaired) electrons. The van der Waals surface area contributed by atoms with Gasteiger partial charge in [0.25, 0.3) is 8.53 Å². The number of rotatable bonds is 25. The molecule has 5 aromatic rings. The molecule has 6 rings (SSSR count). The summed E-state index contributed by atoms with van der Waals surface area (Å²) in [7, 11) is 1.73. The van der Waals surface area contributed by atoms with Crippen LogP contribution in [-0.2, 0) is 30.7 Å². The number of nitriles is 1. The van der Waals surface area contributed by atoms with E-state index in [0.717, 1.165) is 35.2 Å². The van der Waals surface area contributed by atoms with Crippen LogP contribution in [0.2, 0.25) is 0 Å². The molecular formula is C54H68N5O8P. The normalized spacial score (nSPS) is 15.6. The quantitative estimate of drug-likeness (QED) is 0.0238. The number of carbonyl (C=O) groups is 2. The average Bonchev–Trinajstić information content (AvgIpc) is 3.75. The van der Waals surface area contributed by atoms with Crippen LogP contribution in [0.5, 0.6) is 11.5 Å². The van der Waals surface area contributed by atoms with Crippen molar-refractivity contribution in [3.63, 3.8) is 0 Å². The van der Waals surface area contributed by atoms with Crippen LogP contribution in [0.25, 0.3) is 11.0 Å². The first kappa shape index (κ1) is 51.9. The maximum absolute atomic E-state index is 14.5. The Balaban J connectivity index is 1.22. The summed E-state index contributed by atoms with van der Waals surface area (Å²) in [6.45, 7) is 13.6. The minimum absolute atomic E-state index is 0.000546. The number of pyridine rings is 2. The van der Waals surface area contributed by atoms with Gasteiger partial charge in [0.15, 0.2) is 5.78 Å². The first-order valence-electron chi connectivity index (χ1n) is 23.9. The van der Waals surface area contributed by atoms with Crippen molar-refractivity contribution in [3.05, 3.63) is 135 Å². The zero-order valence-corrected chi connectivity index (χ0v) is 41.9. The number of hydrogen-bond acceptors (Lipinski definition) is 11. The van der Waals surface area contributed by atoms with E-state index in [1.807, 2.05) is 90.0 Å². The molecule has 3 atom stereocenters. The third-order valence-electron chi connectivity index (χ3n) is 12.5. The van der Waals surface area contributed by atoms with Gasteiger partial charge < -0.3 is 32.7 Å². The predicted molar refractivity (Wildman–Crippen MR) is 267 cm³/mol. The van der Waals surface area contributed by atoms with Gasteiger partial charge in [-0.2, -0.15) is 5.26 Å². The molecule has 362 valence electrons. The number of fused-ring (bicyclic) bond motifs is 1. The second kappa shape index (κ2) is 24.7. The molecule has 0 aliphatic carbocycles. The van der Waals surface area contributed by atoms with Crippen molar-refractivity contribution >= 4 is 31.3 Å². The van der Waals surface area contributed by atoms with Gasteiger partial charge in [-0.3, -0.25) is 14.4 Å². The van der Waals surface area contributed by atoms with Crippen LogP contribution < -0.4 is 14.9 Å². The second-order valence-corrected chi connectivity index (χ2v) is 19.3. The summed E-state index contributed by atoms with van der Waals surface area (Å²) in [6.07, 6.45) is 5.33. The lowest BCUT2D eigenvalue weighted by Crippen LogP contribution is -2.42. The summed E-state index contributed by atoms with van der Waals surface area (Å²) >= 11 is 0. The smallest absolute Gasteiger partial charge is 0.259 e. The van der Waals surface area contributed by atoms with Crippen molar-refractivity contribution in [1.82, 2.24) is 19.1 Å². The molecule has 0 bridgehead atoms. The summed E-state index contributed by atoms with van der Waals surface area (Å²) < 4.78 is 35.8. The average molecular weight is 946 g/mol. The fourth-order valence-corrected chi connectivity index (χ4v) is 10.8. The molecule has 3 aromatic carbocycles. The molecule has 1 fully saturated rings. The van der Waals surface area contributed by atoms with E-state index in [9.17, 15) is 19.6 Å². The van der Waals surface area contributed by atoms with Crippen molar-refractivity contribution in [2.24, 2.45) is 0 Å². The summed E-state index contributed by atoms with van der Waals surface area (Å²) in [5, 5.41) is 9.81.